The third-order valence-corrected chi connectivity index (χ3v) is 7.78. The molecular formula is C28H25N5O5. The lowest BCUT2D eigenvalue weighted by Crippen LogP contribution is -2.56. The molecule has 0 spiro atoms. The number of aryl methyl sites for hydroxylation is 2. The molecule has 1 fully saturated rings. The largest absolute Gasteiger partial charge is 0.502 e. The van der Waals surface area contributed by atoms with Crippen molar-refractivity contribution < 1.29 is 14.4 Å². The van der Waals surface area contributed by atoms with Gasteiger partial charge in [0.25, 0.3) is 5.91 Å². The number of carbonyl (C=O) groups excluding carboxylic acids is 1. The number of fused-ring (bicyclic) bond motifs is 3. The zero-order chi connectivity index (χ0) is 26.0. The predicted molar refractivity (Wildman–Crippen MR) is 137 cm³/mol. The molecule has 192 valence electrons. The van der Waals surface area contributed by atoms with Crippen molar-refractivity contribution in [1.82, 2.24) is 19.7 Å². The molecule has 0 radical (unpaired) electrons. The molecule has 0 unspecified atom stereocenters. The number of rotatable bonds is 4. The molecule has 1 aliphatic heterocycles. The van der Waals surface area contributed by atoms with Crippen LogP contribution in [-0.2, 0) is 12.8 Å². The SMILES string of the molecule is O=C1c2c(O)c(=O)c(-c3noc(=O)[nH]3)cn2N(C2c3ccccc3CCc3ccccc32)CN1CC1CC1. The number of hydrogen-bond acceptors (Lipinski definition) is 7. The van der Waals surface area contributed by atoms with Gasteiger partial charge in [-0.3, -0.25) is 28.8 Å². The Bertz CT molecular complexity index is 1650. The third-order valence-electron chi connectivity index (χ3n) is 7.78. The van der Waals surface area contributed by atoms with Crippen molar-refractivity contribution in [3.8, 4) is 17.1 Å². The molecule has 0 atom stereocenters. The Kier molecular flexibility index (Phi) is 5.04. The van der Waals surface area contributed by atoms with E-state index in [1.165, 1.54) is 17.3 Å². The molecule has 3 heterocycles. The van der Waals surface area contributed by atoms with Gasteiger partial charge in [0.2, 0.25) is 5.43 Å². The summed E-state index contributed by atoms with van der Waals surface area (Å²) in [6, 6.07) is 16.2. The van der Waals surface area contributed by atoms with Crippen molar-refractivity contribution >= 4 is 5.91 Å². The summed E-state index contributed by atoms with van der Waals surface area (Å²) in [6.07, 6.45) is 5.31. The number of aromatic nitrogens is 3. The molecule has 1 amide bonds. The van der Waals surface area contributed by atoms with E-state index in [9.17, 15) is 19.5 Å². The highest BCUT2D eigenvalue weighted by Gasteiger charge is 2.40. The summed E-state index contributed by atoms with van der Waals surface area (Å²) in [4.78, 5) is 42.7. The monoisotopic (exact) mass is 511 g/mol. The van der Waals surface area contributed by atoms with Gasteiger partial charge in [-0.25, -0.2) is 4.79 Å². The van der Waals surface area contributed by atoms with Crippen LogP contribution < -0.4 is 16.2 Å². The van der Waals surface area contributed by atoms with Gasteiger partial charge in [-0.15, -0.1) is 0 Å². The molecule has 2 aromatic heterocycles. The Labute approximate surface area is 216 Å². The van der Waals surface area contributed by atoms with Crippen LogP contribution in [0.4, 0.5) is 0 Å². The summed E-state index contributed by atoms with van der Waals surface area (Å²) < 4.78 is 6.18. The fourth-order valence-electron chi connectivity index (χ4n) is 5.74. The van der Waals surface area contributed by atoms with E-state index in [1.807, 2.05) is 29.3 Å². The van der Waals surface area contributed by atoms with Crippen LogP contribution in [0.3, 0.4) is 0 Å². The summed E-state index contributed by atoms with van der Waals surface area (Å²) in [6.45, 7) is 0.810. The summed E-state index contributed by atoms with van der Waals surface area (Å²) in [5, 5.41) is 16.8. The van der Waals surface area contributed by atoms with Crippen molar-refractivity contribution in [3.05, 3.63) is 103 Å². The van der Waals surface area contributed by atoms with Gasteiger partial charge in [-0.05, 0) is 53.9 Å². The number of nitrogens with zero attached hydrogens (tertiary/aromatic N) is 4. The van der Waals surface area contributed by atoms with E-state index in [0.717, 1.165) is 36.8 Å². The second-order valence-electron chi connectivity index (χ2n) is 10.2. The Balaban J connectivity index is 1.49. The Morgan fingerprint density at radius 1 is 0.974 bits per heavy atom. The summed E-state index contributed by atoms with van der Waals surface area (Å²) in [5.41, 5.74) is 3.62. The quantitative estimate of drug-likeness (QED) is 0.431. The maximum atomic E-state index is 13.7. The molecule has 1 saturated carbocycles. The van der Waals surface area contributed by atoms with E-state index in [4.69, 9.17) is 0 Å². The fraction of sp³-hybridized carbons (Fsp3) is 0.286. The summed E-state index contributed by atoms with van der Waals surface area (Å²) in [5.74, 6) is -1.61. The molecule has 2 aliphatic carbocycles. The summed E-state index contributed by atoms with van der Waals surface area (Å²) >= 11 is 0. The lowest BCUT2D eigenvalue weighted by Gasteiger charge is -2.44. The van der Waals surface area contributed by atoms with E-state index in [-0.39, 0.29) is 29.8 Å². The van der Waals surface area contributed by atoms with Crippen molar-refractivity contribution in [2.45, 2.75) is 31.7 Å². The molecule has 2 N–H and O–H groups in total. The van der Waals surface area contributed by atoms with E-state index >= 15 is 0 Å². The standard InChI is InChI=1S/C28H25N5O5/c34-24-21(26-29-28(37)38-30-26)14-32-23(25(24)35)27(36)31(13-16-9-10-16)15-33(32)22-19-7-3-1-5-17(19)11-12-18-6-2-4-8-20(18)22/h1-8,14,16,22,35H,9-13,15H2,(H,29,30,37). The van der Waals surface area contributed by atoms with Crippen molar-refractivity contribution in [2.24, 2.45) is 5.92 Å². The number of aromatic amines is 1. The van der Waals surface area contributed by atoms with Crippen LogP contribution in [0.2, 0.25) is 0 Å². The van der Waals surface area contributed by atoms with Gasteiger partial charge in [0.15, 0.2) is 17.3 Å². The Morgan fingerprint density at radius 3 is 2.24 bits per heavy atom. The van der Waals surface area contributed by atoms with Crippen molar-refractivity contribution in [1.29, 1.82) is 0 Å². The minimum absolute atomic E-state index is 0.0688. The molecule has 10 nitrogen and oxygen atoms in total. The molecule has 0 bridgehead atoms. The van der Waals surface area contributed by atoms with E-state index in [2.05, 4.69) is 38.9 Å². The third kappa shape index (κ3) is 3.55. The number of benzene rings is 2. The second-order valence-corrected chi connectivity index (χ2v) is 10.2. The van der Waals surface area contributed by atoms with Gasteiger partial charge in [0.1, 0.15) is 6.67 Å². The molecular weight excluding hydrogens is 486 g/mol. The normalized spacial score (nSPS) is 17.1. The van der Waals surface area contributed by atoms with Crippen molar-refractivity contribution in [2.75, 3.05) is 18.2 Å². The van der Waals surface area contributed by atoms with Gasteiger partial charge in [-0.1, -0.05) is 53.7 Å². The average Bonchev–Trinajstić information content (AvgIpc) is 3.67. The lowest BCUT2D eigenvalue weighted by molar-refractivity contribution is 0.0671. The first-order chi connectivity index (χ1) is 18.5. The van der Waals surface area contributed by atoms with E-state index in [1.54, 1.807) is 9.58 Å². The summed E-state index contributed by atoms with van der Waals surface area (Å²) in [7, 11) is 0. The number of carbonyl (C=O) groups is 1. The van der Waals surface area contributed by atoms with Crippen LogP contribution in [0.25, 0.3) is 11.4 Å². The van der Waals surface area contributed by atoms with E-state index in [0.29, 0.717) is 12.5 Å². The molecule has 0 saturated heterocycles. The zero-order valence-electron chi connectivity index (χ0n) is 20.5. The fourth-order valence-corrected chi connectivity index (χ4v) is 5.74. The van der Waals surface area contributed by atoms with Gasteiger partial charge in [0, 0.05) is 12.7 Å². The topological polar surface area (TPSA) is 125 Å². The molecule has 3 aliphatic rings. The van der Waals surface area contributed by atoms with Crippen molar-refractivity contribution in [3.63, 3.8) is 0 Å². The maximum Gasteiger partial charge on any atom is 0.439 e. The highest BCUT2D eigenvalue weighted by atomic mass is 16.5. The molecule has 2 aromatic carbocycles. The second kappa shape index (κ2) is 8.47. The van der Waals surface area contributed by atoms with Gasteiger partial charge in [0.05, 0.1) is 11.6 Å². The van der Waals surface area contributed by atoms with Gasteiger partial charge < -0.3 is 10.0 Å². The Hall–Kier alpha value is -4.60. The maximum absolute atomic E-state index is 13.7. The lowest BCUT2D eigenvalue weighted by atomic mass is 9.94. The predicted octanol–water partition coefficient (Wildman–Crippen LogP) is 2.55. The molecule has 38 heavy (non-hydrogen) atoms. The van der Waals surface area contributed by atoms with Crippen LogP contribution in [0, 0.1) is 5.92 Å². The van der Waals surface area contributed by atoms with Crippen LogP contribution in [-0.4, -0.2) is 43.9 Å². The van der Waals surface area contributed by atoms with Crippen LogP contribution in [0.5, 0.6) is 5.75 Å². The van der Waals surface area contributed by atoms with Crippen LogP contribution >= 0.6 is 0 Å². The first-order valence-electron chi connectivity index (χ1n) is 12.8. The van der Waals surface area contributed by atoms with Gasteiger partial charge in [-0.2, -0.15) is 0 Å². The number of H-pyrrole nitrogens is 1. The molecule has 10 heteroatoms. The molecule has 4 aromatic rings. The van der Waals surface area contributed by atoms with E-state index < -0.39 is 22.8 Å². The average molecular weight is 512 g/mol. The highest BCUT2D eigenvalue weighted by Crippen LogP contribution is 2.39. The Morgan fingerprint density at radius 2 is 1.63 bits per heavy atom. The minimum Gasteiger partial charge on any atom is -0.502 e. The van der Waals surface area contributed by atoms with Crippen LogP contribution in [0.15, 0.2) is 68.8 Å². The number of aromatic hydroxyl groups is 1. The molecule has 7 rings (SSSR count). The number of amides is 1. The smallest absolute Gasteiger partial charge is 0.439 e. The first kappa shape index (κ1) is 22.6. The highest BCUT2D eigenvalue weighted by molar-refractivity contribution is 5.96. The van der Waals surface area contributed by atoms with Gasteiger partial charge >= 0.3 is 5.76 Å². The van der Waals surface area contributed by atoms with Crippen LogP contribution in [0.1, 0.15) is 51.6 Å². The number of hydrogen-bond donors (Lipinski definition) is 2. The zero-order valence-corrected chi connectivity index (χ0v) is 20.5. The number of nitrogens with one attached hydrogen (secondary N) is 1. The first-order valence-corrected chi connectivity index (χ1v) is 12.8. The minimum atomic E-state index is -0.822. The number of pyridine rings is 1.